The third-order valence-electron chi connectivity index (χ3n) is 4.09. The summed E-state index contributed by atoms with van der Waals surface area (Å²) in [5.41, 5.74) is 7.54. The highest BCUT2D eigenvalue weighted by Gasteiger charge is 2.13. The molecule has 1 aromatic heterocycles. The molecule has 0 saturated heterocycles. The van der Waals surface area contributed by atoms with Gasteiger partial charge in [-0.3, -0.25) is 9.89 Å². The number of aromatic amines is 1. The van der Waals surface area contributed by atoms with Gasteiger partial charge < -0.3 is 5.32 Å². The van der Waals surface area contributed by atoms with E-state index in [4.69, 9.17) is 0 Å². The molecule has 3 rings (SSSR count). The Balaban J connectivity index is 1.83. The second kappa shape index (κ2) is 6.32. The van der Waals surface area contributed by atoms with E-state index in [1.54, 1.807) is 6.07 Å². The Labute approximate surface area is 141 Å². The summed E-state index contributed by atoms with van der Waals surface area (Å²) in [6, 6.07) is 14.0. The average Bonchev–Trinajstić information content (AvgIpc) is 3.01. The third-order valence-corrected chi connectivity index (χ3v) is 4.09. The molecule has 0 radical (unpaired) electrons. The first-order valence-electron chi connectivity index (χ1n) is 7.95. The second-order valence-electron chi connectivity index (χ2n) is 6.26. The first kappa shape index (κ1) is 16.0. The zero-order valence-corrected chi connectivity index (χ0v) is 14.4. The molecule has 122 valence electrons. The summed E-state index contributed by atoms with van der Waals surface area (Å²) in [4.78, 5) is 12.5. The summed E-state index contributed by atoms with van der Waals surface area (Å²) in [7, 11) is 0. The Morgan fingerprint density at radius 1 is 0.917 bits per heavy atom. The van der Waals surface area contributed by atoms with Crippen LogP contribution in [0.1, 0.15) is 32.7 Å². The number of aromatic nitrogens is 2. The molecule has 1 heterocycles. The van der Waals surface area contributed by atoms with E-state index in [0.717, 1.165) is 28.1 Å². The van der Waals surface area contributed by atoms with Gasteiger partial charge >= 0.3 is 0 Å². The maximum atomic E-state index is 12.5. The zero-order valence-electron chi connectivity index (χ0n) is 14.4. The monoisotopic (exact) mass is 319 g/mol. The van der Waals surface area contributed by atoms with Crippen LogP contribution in [0.3, 0.4) is 0 Å². The summed E-state index contributed by atoms with van der Waals surface area (Å²) in [6.45, 7) is 8.09. The van der Waals surface area contributed by atoms with Gasteiger partial charge in [-0.25, -0.2) is 0 Å². The number of rotatable bonds is 3. The highest BCUT2D eigenvalue weighted by molar-refractivity contribution is 6.04. The molecule has 24 heavy (non-hydrogen) atoms. The number of carbonyl (C=O) groups excluding carboxylic acids is 1. The van der Waals surface area contributed by atoms with Gasteiger partial charge in [0.05, 0.1) is 5.69 Å². The smallest absolute Gasteiger partial charge is 0.273 e. The van der Waals surface area contributed by atoms with Crippen LogP contribution in [0.5, 0.6) is 0 Å². The fraction of sp³-hybridized carbons (Fsp3) is 0.200. The Morgan fingerprint density at radius 3 is 2.17 bits per heavy atom. The van der Waals surface area contributed by atoms with Crippen LogP contribution in [-0.4, -0.2) is 16.1 Å². The van der Waals surface area contributed by atoms with Crippen molar-refractivity contribution in [3.63, 3.8) is 0 Å². The van der Waals surface area contributed by atoms with Gasteiger partial charge in [-0.1, -0.05) is 47.5 Å². The summed E-state index contributed by atoms with van der Waals surface area (Å²) < 4.78 is 0. The summed E-state index contributed by atoms with van der Waals surface area (Å²) in [5, 5.41) is 10.1. The summed E-state index contributed by atoms with van der Waals surface area (Å²) in [6.07, 6.45) is 0. The van der Waals surface area contributed by atoms with Crippen LogP contribution < -0.4 is 5.32 Å². The van der Waals surface area contributed by atoms with E-state index in [-0.39, 0.29) is 5.91 Å². The van der Waals surface area contributed by atoms with Gasteiger partial charge in [-0.2, -0.15) is 5.10 Å². The van der Waals surface area contributed by atoms with Gasteiger partial charge in [-0.15, -0.1) is 0 Å². The molecule has 2 N–H and O–H groups in total. The van der Waals surface area contributed by atoms with Gasteiger partial charge in [0.1, 0.15) is 5.69 Å². The topological polar surface area (TPSA) is 57.8 Å². The van der Waals surface area contributed by atoms with Gasteiger partial charge in [0, 0.05) is 11.3 Å². The van der Waals surface area contributed by atoms with Crippen molar-refractivity contribution in [3.05, 3.63) is 70.4 Å². The number of carbonyl (C=O) groups is 1. The summed E-state index contributed by atoms with van der Waals surface area (Å²) >= 11 is 0. The predicted octanol–water partition coefficient (Wildman–Crippen LogP) is 4.56. The Kier molecular flexibility index (Phi) is 4.21. The van der Waals surface area contributed by atoms with Crippen molar-refractivity contribution >= 4 is 11.6 Å². The number of anilines is 1. The lowest BCUT2D eigenvalue weighted by Gasteiger charge is -2.12. The van der Waals surface area contributed by atoms with Crippen molar-refractivity contribution in [1.29, 1.82) is 0 Å². The van der Waals surface area contributed by atoms with Gasteiger partial charge in [0.15, 0.2) is 0 Å². The molecule has 2 aromatic carbocycles. The second-order valence-corrected chi connectivity index (χ2v) is 6.26. The van der Waals surface area contributed by atoms with Gasteiger partial charge in [0.2, 0.25) is 0 Å². The number of nitrogens with zero attached hydrogens (tertiary/aromatic N) is 1. The predicted molar refractivity (Wildman–Crippen MR) is 97.4 cm³/mol. The van der Waals surface area contributed by atoms with Crippen LogP contribution in [0.2, 0.25) is 0 Å². The number of aryl methyl sites for hydroxylation is 4. The van der Waals surface area contributed by atoms with Crippen molar-refractivity contribution in [2.45, 2.75) is 27.7 Å². The van der Waals surface area contributed by atoms with Gasteiger partial charge in [0.25, 0.3) is 5.91 Å². The SMILES string of the molecule is Cc1ccc(-c2cc(C(=O)Nc3c(C)cc(C)cc3C)[nH]n2)cc1. The molecule has 3 aromatic rings. The van der Waals surface area contributed by atoms with E-state index in [1.807, 2.05) is 52.0 Å². The quantitative estimate of drug-likeness (QED) is 0.743. The lowest BCUT2D eigenvalue weighted by molar-refractivity contribution is 0.102. The van der Waals surface area contributed by atoms with Crippen LogP contribution in [0.25, 0.3) is 11.3 Å². The van der Waals surface area contributed by atoms with Crippen LogP contribution in [0.15, 0.2) is 42.5 Å². The average molecular weight is 319 g/mol. The largest absolute Gasteiger partial charge is 0.320 e. The van der Waals surface area contributed by atoms with Crippen molar-refractivity contribution in [2.75, 3.05) is 5.32 Å². The number of amides is 1. The van der Waals surface area contributed by atoms with Crippen molar-refractivity contribution in [3.8, 4) is 11.3 Å². The van der Waals surface area contributed by atoms with E-state index >= 15 is 0 Å². The molecule has 0 saturated carbocycles. The van der Waals surface area contributed by atoms with Gasteiger partial charge in [-0.05, 0) is 44.9 Å². The minimum atomic E-state index is -0.184. The van der Waals surface area contributed by atoms with Crippen molar-refractivity contribution in [2.24, 2.45) is 0 Å². The number of hydrogen-bond donors (Lipinski definition) is 2. The first-order valence-corrected chi connectivity index (χ1v) is 7.95. The third kappa shape index (κ3) is 3.23. The van der Waals surface area contributed by atoms with Crippen LogP contribution in [-0.2, 0) is 0 Å². The molecular weight excluding hydrogens is 298 g/mol. The molecule has 0 unspecified atom stereocenters. The molecule has 0 aliphatic heterocycles. The van der Waals surface area contributed by atoms with E-state index in [2.05, 4.69) is 27.6 Å². The molecule has 0 aliphatic carbocycles. The van der Waals surface area contributed by atoms with E-state index in [1.165, 1.54) is 11.1 Å². The normalized spacial score (nSPS) is 10.7. The highest BCUT2D eigenvalue weighted by Crippen LogP contribution is 2.23. The molecule has 0 bridgehead atoms. The fourth-order valence-corrected chi connectivity index (χ4v) is 2.87. The van der Waals surface area contributed by atoms with E-state index in [9.17, 15) is 4.79 Å². The number of benzene rings is 2. The number of H-pyrrole nitrogens is 1. The minimum absolute atomic E-state index is 0.184. The van der Waals surface area contributed by atoms with Crippen LogP contribution in [0, 0.1) is 27.7 Å². The molecule has 0 aliphatic rings. The zero-order chi connectivity index (χ0) is 17.3. The summed E-state index contributed by atoms with van der Waals surface area (Å²) in [5.74, 6) is -0.184. The molecule has 1 amide bonds. The van der Waals surface area contributed by atoms with E-state index in [0.29, 0.717) is 5.69 Å². The Morgan fingerprint density at radius 2 is 1.54 bits per heavy atom. The standard InChI is InChI=1S/C20H21N3O/c1-12-5-7-16(8-6-12)17-11-18(23-22-17)20(24)21-19-14(3)9-13(2)10-15(19)4/h5-11H,1-4H3,(H,21,24)(H,22,23). The minimum Gasteiger partial charge on any atom is -0.320 e. The van der Waals surface area contributed by atoms with Crippen molar-refractivity contribution < 1.29 is 4.79 Å². The molecule has 4 heteroatoms. The lowest BCUT2D eigenvalue weighted by Crippen LogP contribution is -2.14. The fourth-order valence-electron chi connectivity index (χ4n) is 2.87. The van der Waals surface area contributed by atoms with Crippen LogP contribution in [0.4, 0.5) is 5.69 Å². The molecule has 0 spiro atoms. The lowest BCUT2D eigenvalue weighted by atomic mass is 10.0. The maximum Gasteiger partial charge on any atom is 0.273 e. The first-order chi connectivity index (χ1) is 11.4. The Bertz CT molecular complexity index is 868. The molecule has 0 atom stereocenters. The number of hydrogen-bond acceptors (Lipinski definition) is 2. The molecule has 4 nitrogen and oxygen atoms in total. The molecular formula is C20H21N3O. The maximum absolute atomic E-state index is 12.5. The number of nitrogens with one attached hydrogen (secondary N) is 2. The van der Waals surface area contributed by atoms with E-state index < -0.39 is 0 Å². The van der Waals surface area contributed by atoms with Crippen LogP contribution >= 0.6 is 0 Å². The highest BCUT2D eigenvalue weighted by atomic mass is 16.1. The molecule has 0 fully saturated rings. The van der Waals surface area contributed by atoms with Crippen molar-refractivity contribution in [1.82, 2.24) is 10.2 Å². The Hall–Kier alpha value is -2.88.